The number of hydrogen-bond acceptors (Lipinski definition) is 3. The van der Waals surface area contributed by atoms with Crippen LogP contribution in [0.25, 0.3) is 0 Å². The molecule has 0 radical (unpaired) electrons. The highest BCUT2D eigenvalue weighted by Crippen LogP contribution is 2.25. The summed E-state index contributed by atoms with van der Waals surface area (Å²) in [6, 6.07) is 0.450. The van der Waals surface area contributed by atoms with Gasteiger partial charge in [-0.15, -0.1) is 0 Å². The van der Waals surface area contributed by atoms with Gasteiger partial charge in [-0.05, 0) is 32.1 Å². The molecular formula is C14H28N2O. The van der Waals surface area contributed by atoms with Crippen molar-refractivity contribution < 1.29 is 4.74 Å². The molecule has 0 spiro atoms. The summed E-state index contributed by atoms with van der Waals surface area (Å²) in [5.74, 6) is 0. The number of nitrogens with two attached hydrogens (primary N) is 2. The normalized spacial score (nSPS) is 37.4. The minimum Gasteiger partial charge on any atom is -0.373 e. The Kier molecular flexibility index (Phi) is 5.26. The fraction of sp³-hybridized carbons (Fsp3) is 1.00. The molecule has 0 amide bonds. The lowest BCUT2D eigenvalue weighted by Crippen LogP contribution is -2.47. The summed E-state index contributed by atoms with van der Waals surface area (Å²) in [5.41, 5.74) is 12.1. The lowest BCUT2D eigenvalue weighted by atomic mass is 9.89. The van der Waals surface area contributed by atoms with E-state index in [1.807, 2.05) is 0 Å². The van der Waals surface area contributed by atoms with Crippen LogP contribution in [0.5, 0.6) is 0 Å². The van der Waals surface area contributed by atoms with Gasteiger partial charge in [0.1, 0.15) is 0 Å². The predicted octanol–water partition coefficient (Wildman–Crippen LogP) is 2.32. The van der Waals surface area contributed by atoms with E-state index < -0.39 is 0 Å². The van der Waals surface area contributed by atoms with E-state index in [9.17, 15) is 0 Å². The van der Waals surface area contributed by atoms with E-state index >= 15 is 0 Å². The third-order valence-electron chi connectivity index (χ3n) is 4.29. The standard InChI is InChI=1S/C14H28N2O/c15-11-8-9-14(13(16)10-11)17-12-6-4-2-1-3-5-7-12/h11-14H,1-10,15-16H2. The molecule has 2 aliphatic rings. The molecule has 2 fully saturated rings. The van der Waals surface area contributed by atoms with Crippen LogP contribution in [0.4, 0.5) is 0 Å². The van der Waals surface area contributed by atoms with Crippen molar-refractivity contribution in [1.82, 2.24) is 0 Å². The topological polar surface area (TPSA) is 61.3 Å². The average molecular weight is 240 g/mol. The van der Waals surface area contributed by atoms with Crippen molar-refractivity contribution >= 4 is 0 Å². The van der Waals surface area contributed by atoms with Gasteiger partial charge in [0.2, 0.25) is 0 Å². The minimum atomic E-state index is 0.157. The third-order valence-corrected chi connectivity index (χ3v) is 4.29. The van der Waals surface area contributed by atoms with Crippen LogP contribution in [-0.4, -0.2) is 24.3 Å². The van der Waals surface area contributed by atoms with E-state index in [1.165, 1.54) is 44.9 Å². The Morgan fingerprint density at radius 2 is 1.41 bits per heavy atom. The van der Waals surface area contributed by atoms with Gasteiger partial charge in [0, 0.05) is 12.1 Å². The van der Waals surface area contributed by atoms with Crippen LogP contribution in [0, 0.1) is 0 Å². The lowest BCUT2D eigenvalue weighted by Gasteiger charge is -2.35. The maximum absolute atomic E-state index is 6.25. The van der Waals surface area contributed by atoms with E-state index in [1.54, 1.807) is 0 Å². The maximum atomic E-state index is 6.25. The number of rotatable bonds is 2. The SMILES string of the molecule is NC1CCC(OC2CCCCCCC2)C(N)C1. The van der Waals surface area contributed by atoms with Gasteiger partial charge in [-0.3, -0.25) is 0 Å². The van der Waals surface area contributed by atoms with Crippen molar-refractivity contribution in [1.29, 1.82) is 0 Å². The first-order valence-electron chi connectivity index (χ1n) is 7.42. The van der Waals surface area contributed by atoms with Crippen molar-refractivity contribution in [2.45, 2.75) is 88.5 Å². The summed E-state index contributed by atoms with van der Waals surface area (Å²) >= 11 is 0. The van der Waals surface area contributed by atoms with E-state index in [2.05, 4.69) is 0 Å². The highest BCUT2D eigenvalue weighted by atomic mass is 16.5. The van der Waals surface area contributed by atoms with Crippen LogP contribution in [0.15, 0.2) is 0 Å². The first kappa shape index (κ1) is 13.3. The summed E-state index contributed by atoms with van der Waals surface area (Å²) in [6.45, 7) is 0. The fourth-order valence-corrected chi connectivity index (χ4v) is 3.18. The molecule has 0 saturated heterocycles. The van der Waals surface area contributed by atoms with Gasteiger partial charge in [0.05, 0.1) is 12.2 Å². The second-order valence-electron chi connectivity index (χ2n) is 5.88. The van der Waals surface area contributed by atoms with Crippen LogP contribution in [0.2, 0.25) is 0 Å². The first-order valence-corrected chi connectivity index (χ1v) is 7.42. The van der Waals surface area contributed by atoms with Gasteiger partial charge in [-0.25, -0.2) is 0 Å². The molecule has 0 heterocycles. The summed E-state index contributed by atoms with van der Waals surface area (Å²) < 4.78 is 6.25. The molecule has 0 aromatic heterocycles. The first-order chi connectivity index (χ1) is 8.25. The van der Waals surface area contributed by atoms with Crippen molar-refractivity contribution in [3.05, 3.63) is 0 Å². The fourth-order valence-electron chi connectivity index (χ4n) is 3.18. The zero-order chi connectivity index (χ0) is 12.1. The van der Waals surface area contributed by atoms with Crippen LogP contribution in [0.1, 0.15) is 64.2 Å². The Balaban J connectivity index is 1.78. The zero-order valence-corrected chi connectivity index (χ0v) is 10.9. The monoisotopic (exact) mass is 240 g/mol. The second kappa shape index (κ2) is 6.72. The van der Waals surface area contributed by atoms with Gasteiger partial charge in [-0.2, -0.15) is 0 Å². The van der Waals surface area contributed by atoms with E-state index in [-0.39, 0.29) is 12.1 Å². The molecule has 3 heteroatoms. The highest BCUT2D eigenvalue weighted by molar-refractivity contribution is 4.86. The molecule has 4 N–H and O–H groups in total. The highest BCUT2D eigenvalue weighted by Gasteiger charge is 2.28. The minimum absolute atomic E-state index is 0.157. The molecule has 100 valence electrons. The van der Waals surface area contributed by atoms with Gasteiger partial charge in [-0.1, -0.05) is 32.1 Å². The van der Waals surface area contributed by atoms with Gasteiger partial charge >= 0.3 is 0 Å². The van der Waals surface area contributed by atoms with Crippen LogP contribution < -0.4 is 11.5 Å². The molecule has 0 bridgehead atoms. The average Bonchev–Trinajstić information content (AvgIpc) is 2.25. The molecule has 2 aliphatic carbocycles. The molecular weight excluding hydrogens is 212 g/mol. The molecule has 3 atom stereocenters. The van der Waals surface area contributed by atoms with Gasteiger partial charge in [0.15, 0.2) is 0 Å². The Morgan fingerprint density at radius 1 is 0.765 bits per heavy atom. The Morgan fingerprint density at radius 3 is 2.06 bits per heavy atom. The van der Waals surface area contributed by atoms with Gasteiger partial charge in [0.25, 0.3) is 0 Å². The number of ether oxygens (including phenoxy) is 1. The van der Waals surface area contributed by atoms with Crippen LogP contribution in [-0.2, 0) is 4.74 Å². The molecule has 2 saturated carbocycles. The zero-order valence-electron chi connectivity index (χ0n) is 10.9. The summed E-state index contributed by atoms with van der Waals surface area (Å²) in [4.78, 5) is 0. The van der Waals surface area contributed by atoms with Crippen LogP contribution >= 0.6 is 0 Å². The third kappa shape index (κ3) is 4.23. The molecule has 2 rings (SSSR count). The molecule has 3 nitrogen and oxygen atoms in total. The van der Waals surface area contributed by atoms with E-state index in [0.717, 1.165) is 19.3 Å². The second-order valence-corrected chi connectivity index (χ2v) is 5.88. The summed E-state index contributed by atoms with van der Waals surface area (Å²) in [5, 5.41) is 0. The van der Waals surface area contributed by atoms with Crippen molar-refractivity contribution in [3.63, 3.8) is 0 Å². The van der Waals surface area contributed by atoms with Crippen LogP contribution in [0.3, 0.4) is 0 Å². The molecule has 3 unspecified atom stereocenters. The van der Waals surface area contributed by atoms with Crippen molar-refractivity contribution in [2.24, 2.45) is 11.5 Å². The smallest absolute Gasteiger partial charge is 0.0730 e. The van der Waals surface area contributed by atoms with E-state index in [4.69, 9.17) is 16.2 Å². The Hall–Kier alpha value is -0.120. The van der Waals surface area contributed by atoms with Gasteiger partial charge < -0.3 is 16.2 Å². The maximum Gasteiger partial charge on any atom is 0.0730 e. The Labute approximate surface area is 105 Å². The molecule has 0 aromatic rings. The van der Waals surface area contributed by atoms with Crippen molar-refractivity contribution in [3.8, 4) is 0 Å². The Bertz CT molecular complexity index is 214. The van der Waals surface area contributed by atoms with Crippen molar-refractivity contribution in [2.75, 3.05) is 0 Å². The molecule has 17 heavy (non-hydrogen) atoms. The summed E-state index contributed by atoms with van der Waals surface area (Å²) in [7, 11) is 0. The quantitative estimate of drug-likeness (QED) is 0.778. The number of hydrogen-bond donors (Lipinski definition) is 2. The largest absolute Gasteiger partial charge is 0.373 e. The molecule has 0 aromatic carbocycles. The predicted molar refractivity (Wildman–Crippen MR) is 70.8 cm³/mol. The summed E-state index contributed by atoms with van der Waals surface area (Å²) in [6.07, 6.45) is 13.1. The molecule has 0 aliphatic heterocycles. The lowest BCUT2D eigenvalue weighted by molar-refractivity contribution is -0.0515. The van der Waals surface area contributed by atoms with E-state index in [0.29, 0.717) is 12.1 Å².